The van der Waals surface area contributed by atoms with Gasteiger partial charge in [0.05, 0.1) is 43.0 Å². The van der Waals surface area contributed by atoms with E-state index in [9.17, 15) is 19.5 Å². The summed E-state index contributed by atoms with van der Waals surface area (Å²) in [5.41, 5.74) is 5.40. The Hall–Kier alpha value is -6.89. The number of carboxylic acid groups (broad SMARTS) is 1. The zero-order valence-electron chi connectivity index (χ0n) is 40.7. The Morgan fingerprint density at radius 1 is 0.681 bits per heavy atom. The molecule has 1 aliphatic heterocycles. The van der Waals surface area contributed by atoms with Crippen LogP contribution in [0.25, 0.3) is 22.9 Å². The standard InChI is InChI=1S/C29H35NO4.C27H30N2O6/c1-20-26(30-27(33-20)22-11-6-5-7-12-22)16-17-32-24-14-8-10-21(19-24)18-23-13-9-15-25(23)28(31)34-29(2,3)4;1-3-33-27(32)29-16-21(23(17-29)26(30)31)14-19-8-7-11-22(15-19)34-13-12-24-18(2)35-25(28-24)20-9-5-4-6-10-20/h5-8,10-12,14,19,23,25H,9,13,15-18H2,1-4H3;4-11,15,21,23H,3,12-14,16-17H2,1-2H3,(H,30,31)/t23-,25+;21-,23-/m10/s1. The van der Waals surface area contributed by atoms with E-state index in [0.717, 1.165) is 71.0 Å². The molecule has 1 amide bonds. The number of aliphatic carboxylic acids is 1. The molecule has 2 fully saturated rings. The molecule has 0 radical (unpaired) electrons. The smallest absolute Gasteiger partial charge is 0.409 e. The average molecular weight is 940 g/mol. The fourth-order valence-electron chi connectivity index (χ4n) is 9.08. The van der Waals surface area contributed by atoms with Crippen LogP contribution in [0.4, 0.5) is 4.79 Å². The molecule has 4 atom stereocenters. The van der Waals surface area contributed by atoms with Crippen molar-refractivity contribution < 1.29 is 47.3 Å². The first kappa shape index (κ1) is 50.0. The molecule has 3 heterocycles. The summed E-state index contributed by atoms with van der Waals surface area (Å²) in [6.07, 6.45) is 5.27. The average Bonchev–Trinajstić information content (AvgIpc) is 4.14. The van der Waals surface area contributed by atoms with Gasteiger partial charge in [0.2, 0.25) is 11.8 Å². The van der Waals surface area contributed by atoms with E-state index in [1.54, 1.807) is 6.92 Å². The molecule has 0 spiro atoms. The van der Waals surface area contributed by atoms with Gasteiger partial charge in [0, 0.05) is 37.1 Å². The number of nitrogens with zero attached hydrogens (tertiary/aromatic N) is 3. The minimum Gasteiger partial charge on any atom is -0.493 e. The number of hydrogen-bond acceptors (Lipinski definition) is 11. The van der Waals surface area contributed by atoms with Gasteiger partial charge >= 0.3 is 18.0 Å². The van der Waals surface area contributed by atoms with Gasteiger partial charge in [-0.25, -0.2) is 14.8 Å². The largest absolute Gasteiger partial charge is 0.493 e. The molecule has 364 valence electrons. The summed E-state index contributed by atoms with van der Waals surface area (Å²) in [4.78, 5) is 47.3. The lowest BCUT2D eigenvalue weighted by molar-refractivity contribution is -0.161. The minimum atomic E-state index is -0.896. The first-order valence-corrected chi connectivity index (χ1v) is 24.1. The second-order valence-corrected chi connectivity index (χ2v) is 18.8. The van der Waals surface area contributed by atoms with Crippen molar-refractivity contribution in [1.29, 1.82) is 0 Å². The Morgan fingerprint density at radius 3 is 1.70 bits per heavy atom. The van der Waals surface area contributed by atoms with Gasteiger partial charge in [0.15, 0.2) is 0 Å². The topological polar surface area (TPSA) is 164 Å². The van der Waals surface area contributed by atoms with E-state index in [-0.39, 0.29) is 31.0 Å². The van der Waals surface area contributed by atoms with Crippen molar-refractivity contribution in [3.8, 4) is 34.4 Å². The fraction of sp³-hybridized carbons (Fsp3) is 0.411. The molecule has 13 heteroatoms. The lowest BCUT2D eigenvalue weighted by atomic mass is 9.89. The molecule has 8 rings (SSSR count). The zero-order chi connectivity index (χ0) is 48.9. The summed E-state index contributed by atoms with van der Waals surface area (Å²) in [5.74, 6) is 2.92. The SMILES string of the molecule is CCOC(=O)N1C[C@H](Cc2cccc(OCCc3nc(-c4ccccc4)oc3C)c2)[C@@H](C(=O)O)C1.Cc1oc(-c2ccccc2)nc1CCOc1cccc(C[C@H]2CCC[C@@H]2C(=O)OC(C)(C)C)c1. The summed E-state index contributed by atoms with van der Waals surface area (Å²) in [7, 11) is 0. The van der Waals surface area contributed by atoms with Crippen LogP contribution in [0, 0.1) is 37.5 Å². The number of benzene rings is 4. The number of ether oxygens (including phenoxy) is 4. The van der Waals surface area contributed by atoms with E-state index in [4.69, 9.17) is 27.8 Å². The second-order valence-electron chi connectivity index (χ2n) is 18.8. The van der Waals surface area contributed by atoms with E-state index in [0.29, 0.717) is 62.5 Å². The van der Waals surface area contributed by atoms with Crippen molar-refractivity contribution in [3.63, 3.8) is 0 Å². The van der Waals surface area contributed by atoms with Gasteiger partial charge in [-0.3, -0.25) is 9.59 Å². The molecular weight excluding hydrogens is 875 g/mol. The van der Waals surface area contributed by atoms with Gasteiger partial charge in [-0.1, -0.05) is 67.1 Å². The molecular formula is C56H65N3O10. The molecule has 1 aliphatic carbocycles. The third-order valence-electron chi connectivity index (χ3n) is 12.5. The molecule has 1 N–H and O–H groups in total. The third-order valence-corrected chi connectivity index (χ3v) is 12.5. The summed E-state index contributed by atoms with van der Waals surface area (Å²) < 4.78 is 34.4. The number of aromatic nitrogens is 2. The first-order chi connectivity index (χ1) is 33.2. The highest BCUT2D eigenvalue weighted by molar-refractivity contribution is 5.75. The summed E-state index contributed by atoms with van der Waals surface area (Å²) in [6.45, 7) is 13.1. The van der Waals surface area contributed by atoms with Crippen LogP contribution in [0.2, 0.25) is 0 Å². The van der Waals surface area contributed by atoms with Gasteiger partial charge in [-0.05, 0) is 139 Å². The van der Waals surface area contributed by atoms with Crippen LogP contribution < -0.4 is 9.47 Å². The number of oxazole rings is 2. The second kappa shape index (κ2) is 23.4. The predicted molar refractivity (Wildman–Crippen MR) is 262 cm³/mol. The maximum atomic E-state index is 12.7. The highest BCUT2D eigenvalue weighted by atomic mass is 16.6. The summed E-state index contributed by atoms with van der Waals surface area (Å²) in [5, 5.41) is 9.65. The quantitative estimate of drug-likeness (QED) is 0.0862. The normalized spacial score (nSPS) is 17.7. The zero-order valence-corrected chi connectivity index (χ0v) is 40.7. The van der Waals surface area contributed by atoms with Crippen molar-refractivity contribution in [2.45, 2.75) is 92.1 Å². The maximum Gasteiger partial charge on any atom is 0.409 e. The van der Waals surface area contributed by atoms with Crippen molar-refractivity contribution in [3.05, 3.63) is 143 Å². The summed E-state index contributed by atoms with van der Waals surface area (Å²) in [6, 6.07) is 35.6. The number of hydrogen-bond donors (Lipinski definition) is 1. The van der Waals surface area contributed by atoms with E-state index < -0.39 is 23.6 Å². The lowest BCUT2D eigenvalue weighted by Crippen LogP contribution is -2.31. The van der Waals surface area contributed by atoms with E-state index in [1.807, 2.05) is 132 Å². The highest BCUT2D eigenvalue weighted by Crippen LogP contribution is 2.37. The number of rotatable bonds is 17. The van der Waals surface area contributed by atoms with Gasteiger partial charge in [-0.15, -0.1) is 0 Å². The number of aryl methyl sites for hydroxylation is 2. The number of likely N-dealkylation sites (tertiary alicyclic amines) is 1. The van der Waals surface area contributed by atoms with Gasteiger partial charge < -0.3 is 37.8 Å². The van der Waals surface area contributed by atoms with Gasteiger partial charge in [-0.2, -0.15) is 0 Å². The molecule has 0 unspecified atom stereocenters. The number of carbonyl (C=O) groups is 3. The molecule has 0 bridgehead atoms. The third kappa shape index (κ3) is 14.1. The monoisotopic (exact) mass is 939 g/mol. The Kier molecular flexibility index (Phi) is 17.0. The van der Waals surface area contributed by atoms with E-state index >= 15 is 0 Å². The molecule has 1 saturated carbocycles. The minimum absolute atomic E-state index is 0.0160. The van der Waals surface area contributed by atoms with Crippen molar-refractivity contribution in [2.75, 3.05) is 32.9 Å². The Balaban J connectivity index is 0.000000204. The molecule has 1 saturated heterocycles. The Morgan fingerprint density at radius 2 is 1.20 bits per heavy atom. The van der Waals surface area contributed by atoms with Crippen LogP contribution >= 0.6 is 0 Å². The summed E-state index contributed by atoms with van der Waals surface area (Å²) >= 11 is 0. The van der Waals surface area contributed by atoms with E-state index in [2.05, 4.69) is 22.1 Å². The number of carboxylic acids is 1. The fourth-order valence-corrected chi connectivity index (χ4v) is 9.08. The van der Waals surface area contributed by atoms with Crippen LogP contribution in [0.1, 0.15) is 81.0 Å². The Bertz CT molecular complexity index is 2620. The molecule has 4 aromatic carbocycles. The van der Waals surface area contributed by atoms with Crippen LogP contribution in [-0.4, -0.2) is 76.5 Å². The number of esters is 1. The number of amides is 1. The van der Waals surface area contributed by atoms with Crippen molar-refractivity contribution >= 4 is 18.0 Å². The first-order valence-electron chi connectivity index (χ1n) is 24.1. The van der Waals surface area contributed by atoms with Gasteiger partial charge in [0.25, 0.3) is 0 Å². The van der Waals surface area contributed by atoms with Crippen LogP contribution in [0.5, 0.6) is 11.5 Å². The van der Waals surface area contributed by atoms with E-state index in [1.165, 1.54) is 10.5 Å². The number of carbonyl (C=O) groups excluding carboxylic acids is 2. The maximum absolute atomic E-state index is 12.7. The van der Waals surface area contributed by atoms with Crippen LogP contribution in [0.15, 0.2) is 118 Å². The van der Waals surface area contributed by atoms with Crippen molar-refractivity contribution in [1.82, 2.24) is 14.9 Å². The van der Waals surface area contributed by atoms with Crippen LogP contribution in [-0.2, 0) is 44.7 Å². The molecule has 13 nitrogen and oxygen atoms in total. The predicted octanol–water partition coefficient (Wildman–Crippen LogP) is 11.2. The Labute approximate surface area is 405 Å². The molecule has 2 aliphatic rings. The molecule has 2 aromatic heterocycles. The molecule has 69 heavy (non-hydrogen) atoms. The van der Waals surface area contributed by atoms with Crippen LogP contribution in [0.3, 0.4) is 0 Å². The highest BCUT2D eigenvalue weighted by Gasteiger charge is 2.40. The van der Waals surface area contributed by atoms with Crippen molar-refractivity contribution in [2.24, 2.45) is 23.7 Å². The molecule has 6 aromatic rings. The van der Waals surface area contributed by atoms with Gasteiger partial charge in [0.1, 0.15) is 28.6 Å². The lowest BCUT2D eigenvalue weighted by Gasteiger charge is -2.25.